The Morgan fingerprint density at radius 1 is 1.10 bits per heavy atom. The number of amides is 2. The molecule has 0 radical (unpaired) electrons. The second kappa shape index (κ2) is 8.99. The van der Waals surface area contributed by atoms with Gasteiger partial charge in [0.1, 0.15) is 0 Å². The largest absolute Gasteiger partial charge is 0.355 e. The molecule has 0 aliphatic carbocycles. The normalized spacial score (nSPS) is 11.0. The number of aryl methyl sites for hydroxylation is 2. The molecule has 0 fully saturated rings. The third-order valence-corrected chi connectivity index (χ3v) is 5.30. The molecule has 0 saturated carbocycles. The highest BCUT2D eigenvalue weighted by atomic mass is 16.2. The zero-order valence-corrected chi connectivity index (χ0v) is 18.1. The minimum absolute atomic E-state index is 0.0277. The number of fused-ring (bicyclic) bond motifs is 1. The van der Waals surface area contributed by atoms with Crippen LogP contribution in [0.15, 0.2) is 40.2 Å². The van der Waals surface area contributed by atoms with E-state index < -0.39 is 11.2 Å². The Morgan fingerprint density at radius 2 is 1.77 bits per heavy atom. The number of imidazole rings is 1. The van der Waals surface area contributed by atoms with Crippen LogP contribution in [0.2, 0.25) is 0 Å². The fraction of sp³-hybridized carbons (Fsp3) is 0.381. The fourth-order valence-corrected chi connectivity index (χ4v) is 3.43. The van der Waals surface area contributed by atoms with Crippen molar-refractivity contribution >= 4 is 23.0 Å². The van der Waals surface area contributed by atoms with Crippen LogP contribution < -0.4 is 16.6 Å². The Bertz CT molecular complexity index is 1240. The van der Waals surface area contributed by atoms with Gasteiger partial charge in [0, 0.05) is 53.3 Å². The summed E-state index contributed by atoms with van der Waals surface area (Å²) < 4.78 is 4.07. The minimum Gasteiger partial charge on any atom is -0.355 e. The molecule has 2 heterocycles. The van der Waals surface area contributed by atoms with E-state index in [0.29, 0.717) is 42.7 Å². The summed E-state index contributed by atoms with van der Waals surface area (Å²) in [6.45, 7) is 0.869. The molecule has 164 valence electrons. The lowest BCUT2D eigenvalue weighted by Gasteiger charge is -2.17. The summed E-state index contributed by atoms with van der Waals surface area (Å²) in [4.78, 5) is 54.4. The predicted octanol–water partition coefficient (Wildman–Crippen LogP) is 0.232. The maximum atomic E-state index is 12.5. The van der Waals surface area contributed by atoms with E-state index in [4.69, 9.17) is 0 Å². The second-order valence-corrected chi connectivity index (χ2v) is 7.45. The molecule has 0 spiro atoms. The van der Waals surface area contributed by atoms with Crippen LogP contribution in [0.25, 0.3) is 11.2 Å². The molecule has 0 aliphatic rings. The molecule has 2 aromatic heterocycles. The summed E-state index contributed by atoms with van der Waals surface area (Å²) in [6.07, 6.45) is 2.35. The monoisotopic (exact) mass is 426 g/mol. The second-order valence-electron chi connectivity index (χ2n) is 7.45. The van der Waals surface area contributed by atoms with Gasteiger partial charge in [-0.25, -0.2) is 9.78 Å². The fourth-order valence-electron chi connectivity index (χ4n) is 3.43. The first-order valence-electron chi connectivity index (χ1n) is 9.90. The topological polar surface area (TPSA) is 111 Å². The number of aromatic nitrogens is 4. The van der Waals surface area contributed by atoms with Gasteiger partial charge in [0.2, 0.25) is 5.91 Å². The number of carbonyl (C=O) groups is 2. The van der Waals surface area contributed by atoms with Crippen molar-refractivity contribution in [2.24, 2.45) is 14.1 Å². The standard InChI is InChI=1S/C21H26N6O4/c1-22-19(29)15-9-7-14(8-10-15)12-24(2)16(28)6-5-11-27-13-23-18-17(27)20(30)26(4)21(31)25(18)3/h7-10,13H,5-6,11-12H2,1-4H3,(H,22,29). The Kier molecular flexibility index (Phi) is 6.38. The van der Waals surface area contributed by atoms with Gasteiger partial charge in [-0.2, -0.15) is 0 Å². The van der Waals surface area contributed by atoms with Crippen LogP contribution in [0.4, 0.5) is 0 Å². The van der Waals surface area contributed by atoms with Crippen LogP contribution in [0.5, 0.6) is 0 Å². The van der Waals surface area contributed by atoms with E-state index in [1.54, 1.807) is 42.7 Å². The van der Waals surface area contributed by atoms with Gasteiger partial charge >= 0.3 is 5.69 Å². The molecule has 10 nitrogen and oxygen atoms in total. The molecule has 10 heteroatoms. The predicted molar refractivity (Wildman–Crippen MR) is 116 cm³/mol. The first-order chi connectivity index (χ1) is 14.7. The molecule has 0 saturated heterocycles. The van der Waals surface area contributed by atoms with Crippen molar-refractivity contribution in [1.82, 2.24) is 28.9 Å². The first-order valence-corrected chi connectivity index (χ1v) is 9.90. The van der Waals surface area contributed by atoms with Gasteiger partial charge in [0.05, 0.1) is 6.33 Å². The number of benzene rings is 1. The summed E-state index contributed by atoms with van der Waals surface area (Å²) in [6, 6.07) is 7.10. The smallest absolute Gasteiger partial charge is 0.332 e. The van der Waals surface area contributed by atoms with E-state index in [1.165, 1.54) is 17.9 Å². The van der Waals surface area contributed by atoms with Crippen LogP contribution in [-0.4, -0.2) is 49.5 Å². The van der Waals surface area contributed by atoms with Crippen molar-refractivity contribution < 1.29 is 9.59 Å². The highest BCUT2D eigenvalue weighted by Crippen LogP contribution is 2.10. The number of hydrogen-bond donors (Lipinski definition) is 1. The summed E-state index contributed by atoms with van der Waals surface area (Å²) in [7, 11) is 6.31. The molecule has 0 unspecified atom stereocenters. The summed E-state index contributed by atoms with van der Waals surface area (Å²) >= 11 is 0. The van der Waals surface area contributed by atoms with Crippen molar-refractivity contribution in [2.45, 2.75) is 25.9 Å². The molecule has 0 atom stereocenters. The van der Waals surface area contributed by atoms with Gasteiger partial charge in [0.25, 0.3) is 11.5 Å². The molecule has 0 aliphatic heterocycles. The van der Waals surface area contributed by atoms with Crippen molar-refractivity contribution in [1.29, 1.82) is 0 Å². The maximum absolute atomic E-state index is 12.5. The Labute approximate surface area is 178 Å². The first kappa shape index (κ1) is 22.0. The van der Waals surface area contributed by atoms with E-state index in [9.17, 15) is 19.2 Å². The summed E-state index contributed by atoms with van der Waals surface area (Å²) in [5.41, 5.74) is 1.34. The average molecular weight is 426 g/mol. The summed E-state index contributed by atoms with van der Waals surface area (Å²) in [5.74, 6) is -0.182. The number of nitrogens with zero attached hydrogens (tertiary/aromatic N) is 5. The number of nitrogens with one attached hydrogen (secondary N) is 1. The quantitative estimate of drug-likeness (QED) is 0.582. The van der Waals surface area contributed by atoms with Crippen molar-refractivity contribution in [3.8, 4) is 0 Å². The zero-order valence-electron chi connectivity index (χ0n) is 18.1. The van der Waals surface area contributed by atoms with Crippen molar-refractivity contribution in [3.05, 3.63) is 62.6 Å². The average Bonchev–Trinajstić information content (AvgIpc) is 3.20. The lowest BCUT2D eigenvalue weighted by atomic mass is 10.1. The SMILES string of the molecule is CNC(=O)c1ccc(CN(C)C(=O)CCCn2cnc3c2c(=O)n(C)c(=O)n3C)cc1. The van der Waals surface area contributed by atoms with Crippen LogP contribution in [0, 0.1) is 0 Å². The third-order valence-electron chi connectivity index (χ3n) is 5.30. The van der Waals surface area contributed by atoms with E-state index in [1.807, 2.05) is 12.1 Å². The Balaban J connectivity index is 1.61. The molecule has 3 rings (SSSR count). The van der Waals surface area contributed by atoms with Gasteiger partial charge in [-0.3, -0.25) is 23.5 Å². The van der Waals surface area contributed by atoms with E-state index in [-0.39, 0.29) is 11.8 Å². The minimum atomic E-state index is -0.428. The molecule has 31 heavy (non-hydrogen) atoms. The van der Waals surface area contributed by atoms with Gasteiger partial charge in [-0.15, -0.1) is 0 Å². The molecular weight excluding hydrogens is 400 g/mol. The highest BCUT2D eigenvalue weighted by Gasteiger charge is 2.15. The molecule has 2 amide bonds. The van der Waals surface area contributed by atoms with Gasteiger partial charge in [-0.05, 0) is 24.1 Å². The lowest BCUT2D eigenvalue weighted by molar-refractivity contribution is -0.130. The van der Waals surface area contributed by atoms with Crippen molar-refractivity contribution in [2.75, 3.05) is 14.1 Å². The van der Waals surface area contributed by atoms with Crippen molar-refractivity contribution in [3.63, 3.8) is 0 Å². The number of carbonyl (C=O) groups excluding carboxylic acids is 2. The zero-order chi connectivity index (χ0) is 22.7. The third kappa shape index (κ3) is 4.42. The van der Waals surface area contributed by atoms with Crippen LogP contribution in [-0.2, 0) is 32.0 Å². The molecular formula is C21H26N6O4. The van der Waals surface area contributed by atoms with E-state index in [0.717, 1.165) is 10.1 Å². The highest BCUT2D eigenvalue weighted by molar-refractivity contribution is 5.93. The molecule has 1 aromatic carbocycles. The molecule has 1 N–H and O–H groups in total. The number of hydrogen-bond acceptors (Lipinski definition) is 5. The number of rotatable bonds is 7. The Morgan fingerprint density at radius 3 is 2.42 bits per heavy atom. The van der Waals surface area contributed by atoms with Gasteiger partial charge in [-0.1, -0.05) is 12.1 Å². The van der Waals surface area contributed by atoms with Gasteiger partial charge < -0.3 is 14.8 Å². The summed E-state index contributed by atoms with van der Waals surface area (Å²) in [5, 5.41) is 2.57. The maximum Gasteiger partial charge on any atom is 0.332 e. The molecule has 0 bridgehead atoms. The van der Waals surface area contributed by atoms with E-state index >= 15 is 0 Å². The van der Waals surface area contributed by atoms with Crippen LogP contribution in [0.3, 0.4) is 0 Å². The Hall–Kier alpha value is -3.69. The van der Waals surface area contributed by atoms with Crippen LogP contribution in [0.1, 0.15) is 28.8 Å². The lowest BCUT2D eigenvalue weighted by Crippen LogP contribution is -2.37. The van der Waals surface area contributed by atoms with Crippen LogP contribution >= 0.6 is 0 Å². The molecule has 3 aromatic rings. The van der Waals surface area contributed by atoms with Gasteiger partial charge in [0.15, 0.2) is 11.2 Å². The van der Waals surface area contributed by atoms with E-state index in [2.05, 4.69) is 10.3 Å².